The van der Waals surface area contributed by atoms with E-state index in [1.54, 1.807) is 11.6 Å². The fraction of sp³-hybridized carbons (Fsp3) is 0.400. The Balaban J connectivity index is 1.65. The smallest absolute Gasteiger partial charge is 0.358 e. The molecule has 0 bridgehead atoms. The van der Waals surface area contributed by atoms with Crippen LogP contribution in [0.3, 0.4) is 0 Å². The standard InChI is InChI=1S/C15H19N5O2/c1-17-12-16-14(20(21)22)15(17)19-9-7-18(8-10-19)11-13-5-3-2-4-6-13/h2-6,12H,7-11H2,1H3/p+1. The van der Waals surface area contributed by atoms with Crippen molar-refractivity contribution in [1.29, 1.82) is 0 Å². The number of rotatable bonds is 4. The lowest BCUT2D eigenvalue weighted by Crippen LogP contribution is -3.13. The van der Waals surface area contributed by atoms with E-state index >= 15 is 0 Å². The summed E-state index contributed by atoms with van der Waals surface area (Å²) in [6.45, 7) is 4.56. The molecule has 1 aliphatic heterocycles. The van der Waals surface area contributed by atoms with Gasteiger partial charge in [0.1, 0.15) is 6.54 Å². The summed E-state index contributed by atoms with van der Waals surface area (Å²) < 4.78 is 1.74. The van der Waals surface area contributed by atoms with Crippen LogP contribution < -0.4 is 9.80 Å². The van der Waals surface area contributed by atoms with Gasteiger partial charge in [0.2, 0.25) is 12.1 Å². The molecule has 1 fully saturated rings. The summed E-state index contributed by atoms with van der Waals surface area (Å²) in [5.41, 5.74) is 1.33. The topological polar surface area (TPSA) is 68.6 Å². The number of hydrogen-bond acceptors (Lipinski definition) is 4. The molecule has 0 radical (unpaired) electrons. The van der Waals surface area contributed by atoms with E-state index in [0.717, 1.165) is 32.7 Å². The predicted octanol–water partition coefficient (Wildman–Crippen LogP) is 0.233. The minimum absolute atomic E-state index is 0.0472. The van der Waals surface area contributed by atoms with Gasteiger partial charge >= 0.3 is 5.82 Å². The number of piperazine rings is 1. The van der Waals surface area contributed by atoms with E-state index in [1.165, 1.54) is 16.8 Å². The first-order valence-electron chi connectivity index (χ1n) is 7.43. The Hall–Kier alpha value is -2.41. The van der Waals surface area contributed by atoms with Gasteiger partial charge in [-0.2, -0.15) is 0 Å². The minimum atomic E-state index is -0.404. The number of nitrogens with zero attached hydrogens (tertiary/aromatic N) is 4. The molecule has 0 unspecified atom stereocenters. The van der Waals surface area contributed by atoms with Crippen molar-refractivity contribution in [2.75, 3.05) is 31.1 Å². The predicted molar refractivity (Wildman–Crippen MR) is 82.9 cm³/mol. The Labute approximate surface area is 128 Å². The highest BCUT2D eigenvalue weighted by atomic mass is 16.6. The molecule has 2 heterocycles. The zero-order chi connectivity index (χ0) is 15.5. The molecule has 1 aliphatic rings. The molecule has 3 rings (SSSR count). The SMILES string of the molecule is Cn1cnc([N+](=O)[O-])c1N1CC[NH+](Cc2ccccc2)CC1. The average molecular weight is 302 g/mol. The summed E-state index contributed by atoms with van der Waals surface area (Å²) in [6, 6.07) is 10.4. The van der Waals surface area contributed by atoms with Crippen LogP contribution in [0, 0.1) is 10.1 Å². The van der Waals surface area contributed by atoms with Gasteiger partial charge in [-0.25, -0.2) is 0 Å². The Morgan fingerprint density at radius 1 is 1.27 bits per heavy atom. The van der Waals surface area contributed by atoms with Crippen molar-refractivity contribution >= 4 is 11.6 Å². The number of quaternary nitrogens is 1. The van der Waals surface area contributed by atoms with Crippen LogP contribution in [0.2, 0.25) is 0 Å². The Morgan fingerprint density at radius 3 is 2.59 bits per heavy atom. The maximum absolute atomic E-state index is 11.1. The molecular formula is C15H20N5O2+. The Bertz CT molecular complexity index is 647. The third-order valence-electron chi connectivity index (χ3n) is 4.13. The first-order chi connectivity index (χ1) is 10.6. The van der Waals surface area contributed by atoms with Gasteiger partial charge in [0.15, 0.2) is 0 Å². The van der Waals surface area contributed by atoms with Gasteiger partial charge < -0.3 is 19.9 Å². The van der Waals surface area contributed by atoms with Crippen molar-refractivity contribution in [2.24, 2.45) is 7.05 Å². The second kappa shape index (κ2) is 6.15. The molecule has 1 aromatic heterocycles. The van der Waals surface area contributed by atoms with Crippen LogP contribution in [0.25, 0.3) is 0 Å². The first kappa shape index (κ1) is 14.5. The molecule has 7 nitrogen and oxygen atoms in total. The second-order valence-corrected chi connectivity index (χ2v) is 5.66. The highest BCUT2D eigenvalue weighted by molar-refractivity contribution is 5.54. The van der Waals surface area contributed by atoms with Crippen LogP contribution >= 0.6 is 0 Å². The maximum atomic E-state index is 11.1. The van der Waals surface area contributed by atoms with Gasteiger partial charge in [0, 0.05) is 12.6 Å². The van der Waals surface area contributed by atoms with Crippen LogP contribution in [-0.2, 0) is 13.6 Å². The van der Waals surface area contributed by atoms with E-state index in [0.29, 0.717) is 5.82 Å². The van der Waals surface area contributed by atoms with Crippen LogP contribution in [0.15, 0.2) is 36.7 Å². The minimum Gasteiger partial charge on any atom is -0.358 e. The van der Waals surface area contributed by atoms with Crippen LogP contribution in [-0.4, -0.2) is 40.7 Å². The fourth-order valence-electron chi connectivity index (χ4n) is 3.00. The van der Waals surface area contributed by atoms with Crippen molar-refractivity contribution in [2.45, 2.75) is 6.54 Å². The van der Waals surface area contributed by atoms with Gasteiger partial charge in [0.25, 0.3) is 0 Å². The first-order valence-corrected chi connectivity index (χ1v) is 7.43. The molecule has 1 aromatic carbocycles. The summed E-state index contributed by atoms with van der Waals surface area (Å²) in [6.07, 6.45) is 1.51. The third-order valence-corrected chi connectivity index (χ3v) is 4.13. The van der Waals surface area contributed by atoms with Gasteiger partial charge in [-0.15, -0.1) is 0 Å². The van der Waals surface area contributed by atoms with Gasteiger partial charge in [-0.3, -0.25) is 4.57 Å². The molecule has 1 N–H and O–H groups in total. The third kappa shape index (κ3) is 2.94. The van der Waals surface area contributed by atoms with Gasteiger partial charge in [-0.1, -0.05) is 30.3 Å². The lowest BCUT2D eigenvalue weighted by Gasteiger charge is -2.32. The molecule has 2 aromatic rings. The quantitative estimate of drug-likeness (QED) is 0.648. The van der Waals surface area contributed by atoms with E-state index in [4.69, 9.17) is 0 Å². The highest BCUT2D eigenvalue weighted by Gasteiger charge is 2.29. The molecule has 0 aliphatic carbocycles. The lowest BCUT2D eigenvalue weighted by atomic mass is 10.2. The van der Waals surface area contributed by atoms with Crippen LogP contribution in [0.5, 0.6) is 0 Å². The van der Waals surface area contributed by atoms with Crippen molar-refractivity contribution in [3.05, 3.63) is 52.3 Å². The van der Waals surface area contributed by atoms with Gasteiger partial charge in [-0.05, 0) is 9.91 Å². The van der Waals surface area contributed by atoms with E-state index < -0.39 is 4.92 Å². The molecule has 1 saturated heterocycles. The molecule has 7 heteroatoms. The van der Waals surface area contributed by atoms with E-state index in [2.05, 4.69) is 34.1 Å². The van der Waals surface area contributed by atoms with E-state index in [9.17, 15) is 10.1 Å². The van der Waals surface area contributed by atoms with Crippen molar-refractivity contribution in [3.8, 4) is 0 Å². The zero-order valence-electron chi connectivity index (χ0n) is 12.6. The molecule has 116 valence electrons. The Kier molecular flexibility index (Phi) is 4.06. The van der Waals surface area contributed by atoms with E-state index in [-0.39, 0.29) is 5.82 Å². The van der Waals surface area contributed by atoms with Crippen LogP contribution in [0.4, 0.5) is 11.6 Å². The summed E-state index contributed by atoms with van der Waals surface area (Å²) >= 11 is 0. The Morgan fingerprint density at radius 2 is 1.95 bits per heavy atom. The molecular weight excluding hydrogens is 282 g/mol. The highest BCUT2D eigenvalue weighted by Crippen LogP contribution is 2.25. The van der Waals surface area contributed by atoms with E-state index in [1.807, 2.05) is 6.07 Å². The number of nitrogens with one attached hydrogen (secondary N) is 1. The number of nitro groups is 1. The molecule has 0 atom stereocenters. The maximum Gasteiger partial charge on any atom is 0.406 e. The summed E-state index contributed by atoms with van der Waals surface area (Å²) in [4.78, 5) is 18.1. The van der Waals surface area contributed by atoms with Crippen molar-refractivity contribution in [1.82, 2.24) is 9.55 Å². The molecule has 0 saturated carbocycles. The monoisotopic (exact) mass is 302 g/mol. The second-order valence-electron chi connectivity index (χ2n) is 5.66. The fourth-order valence-corrected chi connectivity index (χ4v) is 3.00. The summed E-state index contributed by atoms with van der Waals surface area (Å²) in [7, 11) is 1.80. The average Bonchev–Trinajstić information content (AvgIpc) is 2.91. The van der Waals surface area contributed by atoms with Crippen molar-refractivity contribution in [3.63, 3.8) is 0 Å². The lowest BCUT2D eigenvalue weighted by molar-refractivity contribution is -0.914. The van der Waals surface area contributed by atoms with Crippen molar-refractivity contribution < 1.29 is 9.82 Å². The largest absolute Gasteiger partial charge is 0.406 e. The number of aromatic nitrogens is 2. The number of imidazole rings is 1. The molecule has 0 spiro atoms. The summed E-state index contributed by atoms with van der Waals surface area (Å²) in [5, 5.41) is 11.1. The number of hydrogen-bond donors (Lipinski definition) is 1. The van der Waals surface area contributed by atoms with Crippen LogP contribution in [0.1, 0.15) is 5.56 Å². The number of anilines is 1. The number of benzene rings is 1. The zero-order valence-corrected chi connectivity index (χ0v) is 12.6. The summed E-state index contributed by atoms with van der Waals surface area (Å²) in [5.74, 6) is 0.567. The number of aryl methyl sites for hydroxylation is 1. The normalized spacial score (nSPS) is 16.0. The molecule has 0 amide bonds. The molecule has 22 heavy (non-hydrogen) atoms. The van der Waals surface area contributed by atoms with Gasteiger partial charge in [0.05, 0.1) is 26.2 Å².